The van der Waals surface area contributed by atoms with Crippen molar-refractivity contribution in [3.63, 3.8) is 0 Å². The first-order valence-electron chi connectivity index (χ1n) is 10.4. The van der Waals surface area contributed by atoms with Gasteiger partial charge in [-0.25, -0.2) is 4.98 Å². The monoisotopic (exact) mass is 449 g/mol. The van der Waals surface area contributed by atoms with E-state index in [-0.39, 0.29) is 0 Å². The van der Waals surface area contributed by atoms with Crippen LogP contribution in [-0.2, 0) is 6.18 Å². The molecule has 3 heterocycles. The minimum atomic E-state index is -4.45. The molecule has 5 nitrogen and oxygen atoms in total. The van der Waals surface area contributed by atoms with Crippen LogP contribution in [0.5, 0.6) is 0 Å². The van der Waals surface area contributed by atoms with Crippen LogP contribution in [0.25, 0.3) is 22.8 Å². The van der Waals surface area contributed by atoms with E-state index in [0.717, 1.165) is 29.6 Å². The summed E-state index contributed by atoms with van der Waals surface area (Å²) in [7, 11) is 1.74. The van der Waals surface area contributed by atoms with Crippen LogP contribution >= 0.6 is 0 Å². The van der Waals surface area contributed by atoms with E-state index in [1.54, 1.807) is 36.4 Å². The molecular formula is C25H22F3N5. The van der Waals surface area contributed by atoms with Gasteiger partial charge in [-0.1, -0.05) is 19.1 Å². The van der Waals surface area contributed by atoms with Crippen molar-refractivity contribution >= 4 is 40.4 Å². The minimum absolute atomic E-state index is 0.388. The third-order valence-electron chi connectivity index (χ3n) is 5.27. The zero-order valence-electron chi connectivity index (χ0n) is 18.1. The van der Waals surface area contributed by atoms with E-state index < -0.39 is 11.7 Å². The molecule has 3 aromatic rings. The van der Waals surface area contributed by atoms with Crippen LogP contribution in [0.15, 0.2) is 66.5 Å². The molecule has 0 aliphatic carbocycles. The first-order valence-corrected chi connectivity index (χ1v) is 10.4. The molecule has 1 aliphatic heterocycles. The molecule has 1 aliphatic rings. The maximum Gasteiger partial charge on any atom is 0.416 e. The molecule has 0 atom stereocenters. The van der Waals surface area contributed by atoms with Crippen molar-refractivity contribution in [2.24, 2.45) is 0 Å². The van der Waals surface area contributed by atoms with Crippen LogP contribution in [0.1, 0.15) is 30.2 Å². The highest BCUT2D eigenvalue weighted by atomic mass is 19.4. The molecule has 0 bridgehead atoms. The summed E-state index contributed by atoms with van der Waals surface area (Å²) in [4.78, 5) is 11.1. The van der Waals surface area contributed by atoms with E-state index in [1.165, 1.54) is 6.07 Å². The van der Waals surface area contributed by atoms with E-state index in [0.29, 0.717) is 40.2 Å². The number of fused-ring (bicyclic) bond motifs is 3. The first-order chi connectivity index (χ1) is 15.9. The van der Waals surface area contributed by atoms with Crippen LogP contribution in [0.4, 0.5) is 24.5 Å². The fraction of sp³-hybridized carbons (Fsp3) is 0.160. The number of allylic oxidation sites excluding steroid dienone is 3. The smallest absolute Gasteiger partial charge is 0.386 e. The Kier molecular flexibility index (Phi) is 6.00. The summed E-state index contributed by atoms with van der Waals surface area (Å²) in [6, 6.07) is 8.90. The van der Waals surface area contributed by atoms with Crippen molar-refractivity contribution in [3.05, 3.63) is 83.3 Å². The standard InChI is InChI=1S/C25H22F3N5/c1-3-5-18-9-8-16-15-31-22-11-10-21(20(30-2)12-13-29)32-23(22)24(16)33(18)19-7-4-6-17(14-19)25(26,27)28/h4-15,29-30H,3H2,1-2H3/b18-5-,20-12-,29-13?. The molecule has 0 fully saturated rings. The van der Waals surface area contributed by atoms with Gasteiger partial charge in [0.05, 0.1) is 28.2 Å². The molecule has 2 N–H and O–H groups in total. The fourth-order valence-corrected chi connectivity index (χ4v) is 3.80. The number of pyridine rings is 2. The molecule has 2 aromatic heterocycles. The second-order valence-electron chi connectivity index (χ2n) is 7.38. The topological polar surface area (TPSA) is 64.9 Å². The van der Waals surface area contributed by atoms with E-state index in [9.17, 15) is 13.2 Å². The van der Waals surface area contributed by atoms with Crippen molar-refractivity contribution in [2.45, 2.75) is 19.5 Å². The molecule has 0 saturated carbocycles. The Morgan fingerprint density at radius 1 is 1.18 bits per heavy atom. The normalized spacial score (nSPS) is 15.1. The number of rotatable bonds is 5. The predicted octanol–water partition coefficient (Wildman–Crippen LogP) is 6.32. The number of halogens is 3. The number of nitrogens with one attached hydrogen (secondary N) is 2. The molecular weight excluding hydrogens is 427 g/mol. The Morgan fingerprint density at radius 3 is 2.70 bits per heavy atom. The Balaban J connectivity index is 2.01. The zero-order valence-corrected chi connectivity index (χ0v) is 18.1. The van der Waals surface area contributed by atoms with Crippen LogP contribution in [0.3, 0.4) is 0 Å². The number of nitrogens with zero attached hydrogens (tertiary/aromatic N) is 3. The summed E-state index contributed by atoms with van der Waals surface area (Å²) in [5.74, 6) is 0. The van der Waals surface area contributed by atoms with Crippen molar-refractivity contribution in [1.29, 1.82) is 5.41 Å². The minimum Gasteiger partial charge on any atom is -0.386 e. The van der Waals surface area contributed by atoms with Crippen molar-refractivity contribution in [2.75, 3.05) is 11.9 Å². The maximum absolute atomic E-state index is 13.5. The molecule has 1 aromatic carbocycles. The number of hydrogen-bond acceptors (Lipinski definition) is 5. The van der Waals surface area contributed by atoms with Crippen molar-refractivity contribution in [3.8, 4) is 0 Å². The van der Waals surface area contributed by atoms with Gasteiger partial charge in [0.25, 0.3) is 0 Å². The Morgan fingerprint density at radius 2 is 2.00 bits per heavy atom. The fourth-order valence-electron chi connectivity index (χ4n) is 3.80. The van der Waals surface area contributed by atoms with Gasteiger partial charge in [-0.3, -0.25) is 4.98 Å². The molecule has 0 radical (unpaired) electrons. The van der Waals surface area contributed by atoms with Gasteiger partial charge in [-0.15, -0.1) is 0 Å². The van der Waals surface area contributed by atoms with Crippen LogP contribution in [0.2, 0.25) is 0 Å². The Bertz CT molecular complexity index is 1310. The summed E-state index contributed by atoms with van der Waals surface area (Å²) in [5.41, 5.74) is 4.25. The van der Waals surface area contributed by atoms with Crippen LogP contribution < -0.4 is 10.2 Å². The number of aromatic nitrogens is 2. The average Bonchev–Trinajstić information content (AvgIpc) is 2.81. The summed E-state index contributed by atoms with van der Waals surface area (Å²) in [6.45, 7) is 1.98. The van der Waals surface area contributed by atoms with E-state index in [2.05, 4.69) is 10.3 Å². The maximum atomic E-state index is 13.5. The molecule has 168 valence electrons. The van der Waals surface area contributed by atoms with Crippen molar-refractivity contribution < 1.29 is 13.2 Å². The number of anilines is 2. The summed E-state index contributed by atoms with van der Waals surface area (Å²) >= 11 is 0. The molecule has 33 heavy (non-hydrogen) atoms. The number of benzene rings is 1. The predicted molar refractivity (Wildman–Crippen MR) is 126 cm³/mol. The lowest BCUT2D eigenvalue weighted by molar-refractivity contribution is -0.137. The van der Waals surface area contributed by atoms with Gasteiger partial charge in [0.1, 0.15) is 5.52 Å². The molecule has 0 unspecified atom stereocenters. The highest BCUT2D eigenvalue weighted by Gasteiger charge is 2.32. The number of alkyl halides is 3. The van der Waals surface area contributed by atoms with E-state index in [1.807, 2.05) is 31.2 Å². The SMILES string of the molecule is CC/C=C1/C=Cc2cnc3ccc(/C(=C/C=N)NC)nc3c2N1c1cccc(C(F)(F)F)c1. The average molecular weight is 449 g/mol. The van der Waals surface area contributed by atoms with Gasteiger partial charge in [0.15, 0.2) is 0 Å². The highest BCUT2D eigenvalue weighted by molar-refractivity contribution is 5.99. The lowest BCUT2D eigenvalue weighted by atomic mass is 10.0. The molecule has 0 saturated heterocycles. The lowest BCUT2D eigenvalue weighted by Crippen LogP contribution is -2.20. The van der Waals surface area contributed by atoms with Gasteiger partial charge in [-0.05, 0) is 55.0 Å². The van der Waals surface area contributed by atoms with Crippen LogP contribution in [0, 0.1) is 5.41 Å². The van der Waals surface area contributed by atoms with Crippen LogP contribution in [-0.4, -0.2) is 23.2 Å². The third-order valence-corrected chi connectivity index (χ3v) is 5.27. The van der Waals surface area contributed by atoms with E-state index >= 15 is 0 Å². The summed E-state index contributed by atoms with van der Waals surface area (Å²) < 4.78 is 40.4. The third kappa shape index (κ3) is 4.24. The van der Waals surface area contributed by atoms with Crippen molar-refractivity contribution in [1.82, 2.24) is 15.3 Å². The molecule has 8 heteroatoms. The van der Waals surface area contributed by atoms with Gasteiger partial charge < -0.3 is 15.6 Å². The summed E-state index contributed by atoms with van der Waals surface area (Å²) in [6.07, 6.45) is 6.43. The molecule has 4 rings (SSSR count). The first kappa shape index (κ1) is 22.3. The molecule has 0 spiro atoms. The summed E-state index contributed by atoms with van der Waals surface area (Å²) in [5, 5.41) is 10.4. The quantitative estimate of drug-likeness (QED) is 0.448. The van der Waals surface area contributed by atoms with Gasteiger partial charge in [0, 0.05) is 36.4 Å². The molecule has 0 amide bonds. The highest BCUT2D eigenvalue weighted by Crippen LogP contribution is 2.42. The van der Waals surface area contributed by atoms with Gasteiger partial charge in [0.2, 0.25) is 0 Å². The second kappa shape index (κ2) is 8.90. The largest absolute Gasteiger partial charge is 0.416 e. The Labute approximate surface area is 189 Å². The van der Waals surface area contributed by atoms with E-state index in [4.69, 9.17) is 10.4 Å². The van der Waals surface area contributed by atoms with Gasteiger partial charge in [-0.2, -0.15) is 13.2 Å². The Hall–Kier alpha value is -3.94. The number of hydrogen-bond donors (Lipinski definition) is 2. The lowest BCUT2D eigenvalue weighted by Gasteiger charge is -2.31. The second-order valence-corrected chi connectivity index (χ2v) is 7.38. The van der Waals surface area contributed by atoms with Gasteiger partial charge >= 0.3 is 6.18 Å². The zero-order chi connectivity index (χ0) is 23.6.